The summed E-state index contributed by atoms with van der Waals surface area (Å²) >= 11 is 0. The van der Waals surface area contributed by atoms with Crippen molar-refractivity contribution in [1.82, 2.24) is 19.5 Å². The molecule has 1 fully saturated rings. The standard InChI is InChI=1S/C17H18N4O/c1-2-5-15(14(4-1)13-20-8-10-22-11-9-20)16-12-19-21-7-3-6-18-17(16)21/h1-7,12H,8-11,13H2. The van der Waals surface area contributed by atoms with Gasteiger partial charge in [0, 0.05) is 37.6 Å². The molecule has 1 saturated heterocycles. The zero-order chi connectivity index (χ0) is 14.8. The lowest BCUT2D eigenvalue weighted by molar-refractivity contribution is 0.0342. The summed E-state index contributed by atoms with van der Waals surface area (Å²) in [6, 6.07) is 10.4. The fourth-order valence-electron chi connectivity index (χ4n) is 2.94. The van der Waals surface area contributed by atoms with E-state index in [-0.39, 0.29) is 0 Å². The Morgan fingerprint density at radius 3 is 2.82 bits per heavy atom. The van der Waals surface area contributed by atoms with E-state index in [1.807, 2.05) is 29.2 Å². The van der Waals surface area contributed by atoms with E-state index in [1.54, 1.807) is 0 Å². The zero-order valence-electron chi connectivity index (χ0n) is 12.4. The lowest BCUT2D eigenvalue weighted by atomic mass is 10.0. The molecule has 0 amide bonds. The first-order chi connectivity index (χ1) is 10.9. The van der Waals surface area contributed by atoms with Crippen molar-refractivity contribution in [3.63, 3.8) is 0 Å². The Labute approximate surface area is 129 Å². The van der Waals surface area contributed by atoms with Crippen molar-refractivity contribution in [1.29, 1.82) is 0 Å². The van der Waals surface area contributed by atoms with Crippen LogP contribution in [-0.2, 0) is 11.3 Å². The number of morpholine rings is 1. The topological polar surface area (TPSA) is 42.7 Å². The van der Waals surface area contributed by atoms with Crippen molar-refractivity contribution >= 4 is 5.65 Å². The highest BCUT2D eigenvalue weighted by Gasteiger charge is 2.15. The van der Waals surface area contributed by atoms with Gasteiger partial charge < -0.3 is 4.74 Å². The number of fused-ring (bicyclic) bond motifs is 1. The average molecular weight is 294 g/mol. The molecule has 112 valence electrons. The van der Waals surface area contributed by atoms with Crippen LogP contribution in [0.1, 0.15) is 5.56 Å². The molecule has 1 aromatic carbocycles. The summed E-state index contributed by atoms with van der Waals surface area (Å²) in [6.07, 6.45) is 5.64. The van der Waals surface area contributed by atoms with Crippen LogP contribution in [0, 0.1) is 0 Å². The van der Waals surface area contributed by atoms with Crippen molar-refractivity contribution in [2.45, 2.75) is 6.54 Å². The highest BCUT2D eigenvalue weighted by atomic mass is 16.5. The maximum Gasteiger partial charge on any atom is 0.162 e. The van der Waals surface area contributed by atoms with E-state index in [4.69, 9.17) is 4.74 Å². The smallest absolute Gasteiger partial charge is 0.162 e. The summed E-state index contributed by atoms with van der Waals surface area (Å²) in [5, 5.41) is 4.40. The summed E-state index contributed by atoms with van der Waals surface area (Å²) in [7, 11) is 0. The predicted octanol–water partition coefficient (Wildman–Crippen LogP) is 2.23. The second-order valence-electron chi connectivity index (χ2n) is 5.49. The number of aromatic nitrogens is 3. The molecule has 0 bridgehead atoms. The molecule has 0 N–H and O–H groups in total. The molecule has 0 spiro atoms. The molecular formula is C17H18N4O. The van der Waals surface area contributed by atoms with Crippen LogP contribution in [0.5, 0.6) is 0 Å². The lowest BCUT2D eigenvalue weighted by Crippen LogP contribution is -2.35. The molecule has 0 saturated carbocycles. The van der Waals surface area contributed by atoms with Gasteiger partial charge in [0.1, 0.15) is 0 Å². The third kappa shape index (κ3) is 2.49. The molecule has 0 radical (unpaired) electrons. The molecule has 22 heavy (non-hydrogen) atoms. The fourth-order valence-corrected chi connectivity index (χ4v) is 2.94. The Morgan fingerprint density at radius 1 is 1.05 bits per heavy atom. The van der Waals surface area contributed by atoms with E-state index in [2.05, 4.69) is 39.2 Å². The van der Waals surface area contributed by atoms with Crippen LogP contribution in [0.3, 0.4) is 0 Å². The first-order valence-corrected chi connectivity index (χ1v) is 7.58. The van der Waals surface area contributed by atoms with Crippen LogP contribution in [0.2, 0.25) is 0 Å². The minimum absolute atomic E-state index is 0.820. The maximum absolute atomic E-state index is 5.43. The van der Waals surface area contributed by atoms with Crippen LogP contribution < -0.4 is 0 Å². The molecule has 5 nitrogen and oxygen atoms in total. The normalized spacial score (nSPS) is 16.2. The lowest BCUT2D eigenvalue weighted by Gasteiger charge is -2.27. The van der Waals surface area contributed by atoms with Gasteiger partial charge in [-0.2, -0.15) is 5.10 Å². The van der Waals surface area contributed by atoms with Crippen molar-refractivity contribution in [3.05, 3.63) is 54.5 Å². The maximum atomic E-state index is 5.43. The van der Waals surface area contributed by atoms with E-state index in [9.17, 15) is 0 Å². The van der Waals surface area contributed by atoms with Gasteiger partial charge in [0.25, 0.3) is 0 Å². The summed E-state index contributed by atoms with van der Waals surface area (Å²) < 4.78 is 7.25. The molecule has 1 aliphatic heterocycles. The van der Waals surface area contributed by atoms with Crippen molar-refractivity contribution in [3.8, 4) is 11.1 Å². The number of hydrogen-bond donors (Lipinski definition) is 0. The SMILES string of the molecule is c1ccc(-c2cnn3cccnc23)c(CN2CCOCC2)c1. The highest BCUT2D eigenvalue weighted by Crippen LogP contribution is 2.27. The van der Waals surface area contributed by atoms with E-state index in [1.165, 1.54) is 11.1 Å². The van der Waals surface area contributed by atoms with Crippen LogP contribution in [0.4, 0.5) is 0 Å². The number of benzene rings is 1. The number of ether oxygens (including phenoxy) is 1. The summed E-state index contributed by atoms with van der Waals surface area (Å²) in [5.41, 5.74) is 4.51. The molecule has 3 aromatic rings. The second-order valence-corrected chi connectivity index (χ2v) is 5.49. The van der Waals surface area contributed by atoms with Crippen molar-refractivity contribution in [2.75, 3.05) is 26.3 Å². The number of rotatable bonds is 3. The van der Waals surface area contributed by atoms with E-state index < -0.39 is 0 Å². The molecule has 4 rings (SSSR count). The molecule has 3 heterocycles. The highest BCUT2D eigenvalue weighted by molar-refractivity contribution is 5.79. The minimum Gasteiger partial charge on any atom is -0.379 e. The quantitative estimate of drug-likeness (QED) is 0.743. The Balaban J connectivity index is 1.72. The molecular weight excluding hydrogens is 276 g/mol. The molecule has 0 aliphatic carbocycles. The van der Waals surface area contributed by atoms with Gasteiger partial charge in [-0.25, -0.2) is 9.50 Å². The van der Waals surface area contributed by atoms with Gasteiger partial charge in [-0.1, -0.05) is 24.3 Å². The Hall–Kier alpha value is -2.24. The Morgan fingerprint density at radius 2 is 1.91 bits per heavy atom. The van der Waals surface area contributed by atoms with Gasteiger partial charge >= 0.3 is 0 Å². The van der Waals surface area contributed by atoms with Gasteiger partial charge in [-0.05, 0) is 17.2 Å². The van der Waals surface area contributed by atoms with Gasteiger partial charge in [0.15, 0.2) is 5.65 Å². The second kappa shape index (κ2) is 5.87. The average Bonchev–Trinajstić information content (AvgIpc) is 3.00. The Bertz CT molecular complexity index is 777. The summed E-state index contributed by atoms with van der Waals surface area (Å²) in [5.74, 6) is 0. The summed E-state index contributed by atoms with van der Waals surface area (Å²) in [4.78, 5) is 6.90. The first kappa shape index (κ1) is 13.4. The van der Waals surface area contributed by atoms with Gasteiger partial charge in [0.2, 0.25) is 0 Å². The summed E-state index contributed by atoms with van der Waals surface area (Å²) in [6.45, 7) is 4.55. The van der Waals surface area contributed by atoms with Crippen LogP contribution >= 0.6 is 0 Å². The first-order valence-electron chi connectivity index (χ1n) is 7.58. The molecule has 2 aromatic heterocycles. The van der Waals surface area contributed by atoms with E-state index >= 15 is 0 Å². The van der Waals surface area contributed by atoms with Crippen molar-refractivity contribution < 1.29 is 4.74 Å². The van der Waals surface area contributed by atoms with Gasteiger partial charge in [-0.15, -0.1) is 0 Å². The monoisotopic (exact) mass is 294 g/mol. The number of nitrogens with zero attached hydrogens (tertiary/aromatic N) is 4. The van der Waals surface area contributed by atoms with Gasteiger partial charge in [0.05, 0.1) is 19.4 Å². The van der Waals surface area contributed by atoms with E-state index in [0.717, 1.165) is 44.1 Å². The van der Waals surface area contributed by atoms with Crippen LogP contribution in [0.15, 0.2) is 48.9 Å². The molecule has 0 atom stereocenters. The largest absolute Gasteiger partial charge is 0.379 e. The van der Waals surface area contributed by atoms with Crippen LogP contribution in [-0.4, -0.2) is 45.8 Å². The minimum atomic E-state index is 0.820. The zero-order valence-corrected chi connectivity index (χ0v) is 12.4. The Kier molecular flexibility index (Phi) is 3.58. The third-order valence-electron chi connectivity index (χ3n) is 4.08. The van der Waals surface area contributed by atoms with Crippen LogP contribution in [0.25, 0.3) is 16.8 Å². The molecule has 5 heteroatoms. The number of hydrogen-bond acceptors (Lipinski definition) is 4. The fraction of sp³-hybridized carbons (Fsp3) is 0.294. The predicted molar refractivity (Wildman–Crippen MR) is 84.5 cm³/mol. The third-order valence-corrected chi connectivity index (χ3v) is 4.08. The molecule has 0 unspecified atom stereocenters. The van der Waals surface area contributed by atoms with Gasteiger partial charge in [-0.3, -0.25) is 4.90 Å². The molecule has 1 aliphatic rings. The van der Waals surface area contributed by atoms with E-state index in [0.29, 0.717) is 0 Å². The van der Waals surface area contributed by atoms with Crippen molar-refractivity contribution in [2.24, 2.45) is 0 Å².